The second-order valence-corrected chi connectivity index (χ2v) is 6.55. The third-order valence-corrected chi connectivity index (χ3v) is 5.47. The van der Waals surface area contributed by atoms with E-state index in [0.717, 1.165) is 23.9 Å². The zero-order valence-electron chi connectivity index (χ0n) is 11.3. The largest absolute Gasteiger partial charge is 0.310 e. The number of fused-ring (bicyclic) bond motifs is 3. The minimum Gasteiger partial charge on any atom is -0.310 e. The van der Waals surface area contributed by atoms with Crippen LogP contribution in [0.2, 0.25) is 0 Å². The van der Waals surface area contributed by atoms with Crippen molar-refractivity contribution in [1.82, 2.24) is 10.2 Å². The molecule has 3 heterocycles. The van der Waals surface area contributed by atoms with Crippen molar-refractivity contribution in [3.05, 3.63) is 0 Å². The highest BCUT2D eigenvalue weighted by Gasteiger charge is 2.35. The highest BCUT2D eigenvalue weighted by Crippen LogP contribution is 2.31. The molecule has 0 spiro atoms. The van der Waals surface area contributed by atoms with Gasteiger partial charge in [-0.3, -0.25) is 0 Å². The molecule has 3 unspecified atom stereocenters. The van der Waals surface area contributed by atoms with E-state index in [-0.39, 0.29) is 0 Å². The number of nitrogens with zero attached hydrogens (tertiary/aromatic N) is 1. The number of piperidine rings is 3. The fraction of sp³-hybridized carbons (Fsp3) is 1.00. The van der Waals surface area contributed by atoms with Gasteiger partial charge in [0.1, 0.15) is 0 Å². The van der Waals surface area contributed by atoms with E-state index in [4.69, 9.17) is 0 Å². The minimum atomic E-state index is 0.818. The van der Waals surface area contributed by atoms with Gasteiger partial charge in [0.25, 0.3) is 0 Å². The Labute approximate surface area is 106 Å². The molecule has 98 valence electrons. The molecule has 0 aromatic heterocycles. The fourth-order valence-electron chi connectivity index (χ4n) is 4.27. The van der Waals surface area contributed by atoms with Crippen LogP contribution in [0.1, 0.15) is 51.9 Å². The molecule has 0 aromatic rings. The van der Waals surface area contributed by atoms with E-state index in [1.54, 1.807) is 0 Å². The third kappa shape index (κ3) is 2.68. The summed E-state index contributed by atoms with van der Waals surface area (Å²) >= 11 is 0. The van der Waals surface area contributed by atoms with Gasteiger partial charge < -0.3 is 10.2 Å². The van der Waals surface area contributed by atoms with Crippen molar-refractivity contribution in [2.75, 3.05) is 19.6 Å². The summed E-state index contributed by atoms with van der Waals surface area (Å²) in [5.74, 6) is 1.99. The monoisotopic (exact) mass is 236 g/mol. The quantitative estimate of drug-likeness (QED) is 0.810. The molecule has 0 aromatic carbocycles. The zero-order valence-corrected chi connectivity index (χ0v) is 11.3. The summed E-state index contributed by atoms with van der Waals surface area (Å²) in [4.78, 5) is 2.66. The van der Waals surface area contributed by atoms with Crippen LogP contribution in [0.3, 0.4) is 0 Å². The summed E-state index contributed by atoms with van der Waals surface area (Å²) in [5, 5.41) is 4.01. The third-order valence-electron chi connectivity index (χ3n) is 5.47. The predicted octanol–water partition coefficient (Wildman–Crippen LogP) is 2.64. The summed E-state index contributed by atoms with van der Waals surface area (Å²) in [6.07, 6.45) is 10.1. The van der Waals surface area contributed by atoms with Gasteiger partial charge in [-0.2, -0.15) is 0 Å². The van der Waals surface area contributed by atoms with E-state index in [1.165, 1.54) is 64.6 Å². The van der Waals surface area contributed by atoms with Crippen molar-refractivity contribution >= 4 is 0 Å². The first-order chi connectivity index (χ1) is 8.35. The predicted molar refractivity (Wildman–Crippen MR) is 72.1 cm³/mol. The van der Waals surface area contributed by atoms with E-state index in [0.29, 0.717) is 0 Å². The molecule has 2 heteroatoms. The van der Waals surface area contributed by atoms with Gasteiger partial charge in [0.05, 0.1) is 0 Å². The molecule has 2 nitrogen and oxygen atoms in total. The van der Waals surface area contributed by atoms with Crippen LogP contribution in [-0.2, 0) is 0 Å². The van der Waals surface area contributed by atoms with Gasteiger partial charge in [0.15, 0.2) is 0 Å². The van der Waals surface area contributed by atoms with Crippen LogP contribution in [0.15, 0.2) is 0 Å². The smallest absolute Gasteiger partial charge is 0.0226 e. The average Bonchev–Trinajstić information content (AvgIpc) is 2.40. The normalized spacial score (nSPS) is 46.1. The van der Waals surface area contributed by atoms with E-state index in [9.17, 15) is 0 Å². The molecule has 1 saturated carbocycles. The standard InChI is InChI=1S/C15H28N2/c1-2-12-4-3-5-14(10-12)16-15-11-17-8-6-13(15)7-9-17/h12-16H,2-11H2,1H3. The first-order valence-corrected chi connectivity index (χ1v) is 7.83. The molecule has 3 saturated heterocycles. The van der Waals surface area contributed by atoms with Crippen LogP contribution >= 0.6 is 0 Å². The number of nitrogens with one attached hydrogen (secondary N) is 1. The average molecular weight is 236 g/mol. The molecule has 3 aliphatic heterocycles. The maximum Gasteiger partial charge on any atom is 0.0226 e. The lowest BCUT2D eigenvalue weighted by Gasteiger charge is -2.47. The van der Waals surface area contributed by atoms with Crippen molar-refractivity contribution in [2.24, 2.45) is 11.8 Å². The molecular weight excluding hydrogens is 208 g/mol. The van der Waals surface area contributed by atoms with Gasteiger partial charge in [-0.1, -0.05) is 26.2 Å². The number of rotatable bonds is 3. The second-order valence-electron chi connectivity index (χ2n) is 6.55. The SMILES string of the molecule is CCC1CCCC(NC2CN3CCC2CC3)C1. The van der Waals surface area contributed by atoms with Crippen LogP contribution in [0.25, 0.3) is 0 Å². The number of hydrogen-bond acceptors (Lipinski definition) is 2. The van der Waals surface area contributed by atoms with Gasteiger partial charge in [-0.25, -0.2) is 0 Å². The first-order valence-electron chi connectivity index (χ1n) is 7.83. The van der Waals surface area contributed by atoms with Gasteiger partial charge in [-0.05, 0) is 50.6 Å². The summed E-state index contributed by atoms with van der Waals surface area (Å²) < 4.78 is 0. The van der Waals surface area contributed by atoms with Crippen molar-refractivity contribution in [3.63, 3.8) is 0 Å². The van der Waals surface area contributed by atoms with Crippen molar-refractivity contribution in [2.45, 2.75) is 64.0 Å². The minimum absolute atomic E-state index is 0.818. The summed E-state index contributed by atoms with van der Waals surface area (Å²) in [6, 6.07) is 1.65. The summed E-state index contributed by atoms with van der Waals surface area (Å²) in [5.41, 5.74) is 0. The van der Waals surface area contributed by atoms with Crippen LogP contribution in [0.5, 0.6) is 0 Å². The molecule has 3 atom stereocenters. The number of hydrogen-bond donors (Lipinski definition) is 1. The van der Waals surface area contributed by atoms with Gasteiger partial charge >= 0.3 is 0 Å². The van der Waals surface area contributed by atoms with Crippen LogP contribution in [0.4, 0.5) is 0 Å². The molecule has 2 bridgehead atoms. The Morgan fingerprint density at radius 2 is 1.94 bits per heavy atom. The molecule has 4 aliphatic rings. The van der Waals surface area contributed by atoms with Gasteiger partial charge in [0.2, 0.25) is 0 Å². The van der Waals surface area contributed by atoms with E-state index in [1.807, 2.05) is 0 Å². The lowest BCUT2D eigenvalue weighted by Crippen LogP contribution is -2.58. The zero-order chi connectivity index (χ0) is 11.7. The Bertz CT molecular complexity index is 245. The molecule has 4 rings (SSSR count). The lowest BCUT2D eigenvalue weighted by atomic mass is 9.80. The Hall–Kier alpha value is -0.0800. The molecule has 1 aliphatic carbocycles. The highest BCUT2D eigenvalue weighted by atomic mass is 15.2. The lowest BCUT2D eigenvalue weighted by molar-refractivity contribution is 0.0617. The topological polar surface area (TPSA) is 15.3 Å². The van der Waals surface area contributed by atoms with Gasteiger partial charge in [0, 0.05) is 18.6 Å². The Morgan fingerprint density at radius 3 is 2.59 bits per heavy atom. The van der Waals surface area contributed by atoms with Crippen LogP contribution in [0, 0.1) is 11.8 Å². The molecule has 0 radical (unpaired) electrons. The van der Waals surface area contributed by atoms with E-state index >= 15 is 0 Å². The van der Waals surface area contributed by atoms with Crippen LogP contribution in [-0.4, -0.2) is 36.6 Å². The Balaban J connectivity index is 1.52. The maximum atomic E-state index is 4.01. The van der Waals surface area contributed by atoms with Gasteiger partial charge in [-0.15, -0.1) is 0 Å². The molecule has 0 amide bonds. The van der Waals surface area contributed by atoms with Crippen molar-refractivity contribution in [3.8, 4) is 0 Å². The maximum absolute atomic E-state index is 4.01. The summed E-state index contributed by atoms with van der Waals surface area (Å²) in [7, 11) is 0. The summed E-state index contributed by atoms with van der Waals surface area (Å²) in [6.45, 7) is 6.43. The molecular formula is C15H28N2. The second kappa shape index (κ2) is 5.27. The van der Waals surface area contributed by atoms with E-state index in [2.05, 4.69) is 17.1 Å². The first kappa shape index (κ1) is 12.0. The fourth-order valence-corrected chi connectivity index (χ4v) is 4.27. The van der Waals surface area contributed by atoms with Crippen molar-refractivity contribution in [1.29, 1.82) is 0 Å². The molecule has 4 fully saturated rings. The highest BCUT2D eigenvalue weighted by molar-refractivity contribution is 4.93. The van der Waals surface area contributed by atoms with E-state index < -0.39 is 0 Å². The molecule has 1 N–H and O–H groups in total. The van der Waals surface area contributed by atoms with Crippen LogP contribution < -0.4 is 5.32 Å². The molecule has 17 heavy (non-hydrogen) atoms. The Kier molecular flexibility index (Phi) is 3.72. The van der Waals surface area contributed by atoms with Crippen molar-refractivity contribution < 1.29 is 0 Å². The Morgan fingerprint density at radius 1 is 1.12 bits per heavy atom.